The third kappa shape index (κ3) is 4.50. The van der Waals surface area contributed by atoms with E-state index in [0.29, 0.717) is 5.71 Å². The number of carbonyl (C=O) groups excluding carboxylic acids is 1. The van der Waals surface area contributed by atoms with Gasteiger partial charge in [0.2, 0.25) is 10.5 Å². The zero-order valence-electron chi connectivity index (χ0n) is 11.5. The number of hydrogen-bond acceptors (Lipinski definition) is 6. The number of aromatic nitrogens is 1. The molecule has 10 heteroatoms. The maximum absolute atomic E-state index is 11.3. The molecule has 0 aliphatic heterocycles. The zero-order valence-corrected chi connectivity index (χ0v) is 13.1. The van der Waals surface area contributed by atoms with E-state index >= 15 is 0 Å². The van der Waals surface area contributed by atoms with Crippen LogP contribution in [0.25, 0.3) is 0 Å². The van der Waals surface area contributed by atoms with Gasteiger partial charge in [-0.2, -0.15) is 10.1 Å². The molecule has 0 aliphatic carbocycles. The van der Waals surface area contributed by atoms with Gasteiger partial charge in [0.1, 0.15) is 18.7 Å². The van der Waals surface area contributed by atoms with E-state index < -0.39 is 11.9 Å². The van der Waals surface area contributed by atoms with Gasteiger partial charge >= 0.3 is 5.97 Å². The van der Waals surface area contributed by atoms with E-state index in [0.717, 1.165) is 11.3 Å². The predicted octanol–water partition coefficient (Wildman–Crippen LogP) is 0.895. The summed E-state index contributed by atoms with van der Waals surface area (Å²) in [6.07, 6.45) is 0. The number of carboxylic acids is 1. The van der Waals surface area contributed by atoms with E-state index in [4.69, 9.17) is 16.7 Å². The Balaban J connectivity index is 3.58. The topological polar surface area (TPSA) is 106 Å². The lowest BCUT2D eigenvalue weighted by atomic mass is 10.3. The first-order valence-corrected chi connectivity index (χ1v) is 7.03. The van der Waals surface area contributed by atoms with Crippen molar-refractivity contribution in [1.82, 2.24) is 4.68 Å². The molecular formula is C11H13ClN4O4S. The summed E-state index contributed by atoms with van der Waals surface area (Å²) in [4.78, 5) is 31.0. The summed E-state index contributed by atoms with van der Waals surface area (Å²) in [5.74, 6) is -2.12. The highest BCUT2D eigenvalue weighted by molar-refractivity contribution is 7.07. The van der Waals surface area contributed by atoms with E-state index in [-0.39, 0.29) is 22.1 Å². The molecule has 0 saturated carbocycles. The van der Waals surface area contributed by atoms with Crippen molar-refractivity contribution < 1.29 is 19.5 Å². The van der Waals surface area contributed by atoms with Crippen molar-refractivity contribution in [2.45, 2.75) is 13.8 Å². The number of amides is 1. The molecule has 1 aromatic heterocycles. The molecule has 0 aromatic carbocycles. The number of aliphatic carboxylic acids is 1. The first-order valence-electron chi connectivity index (χ1n) is 5.61. The Morgan fingerprint density at radius 1 is 1.48 bits per heavy atom. The van der Waals surface area contributed by atoms with Crippen LogP contribution in [0, 0.1) is 0 Å². The second-order valence-electron chi connectivity index (χ2n) is 3.83. The van der Waals surface area contributed by atoms with Crippen LogP contribution in [-0.4, -0.2) is 46.1 Å². The largest absolute Gasteiger partial charge is 0.476 e. The summed E-state index contributed by atoms with van der Waals surface area (Å²) in [5.41, 5.74) is 0.437. The molecule has 0 bridgehead atoms. The maximum atomic E-state index is 11.3. The quantitative estimate of drug-likeness (QED) is 0.491. The molecule has 1 rings (SSSR count). The van der Waals surface area contributed by atoms with E-state index in [9.17, 15) is 9.59 Å². The fraction of sp³-hybridized carbons (Fsp3) is 0.364. The lowest BCUT2D eigenvalue weighted by molar-refractivity contribution is -0.129. The highest BCUT2D eigenvalue weighted by atomic mass is 35.5. The number of thiazole rings is 1. The molecule has 114 valence electrons. The van der Waals surface area contributed by atoms with Crippen molar-refractivity contribution in [3.63, 3.8) is 0 Å². The van der Waals surface area contributed by atoms with Crippen LogP contribution in [0.2, 0.25) is 0 Å². The number of alkyl halides is 1. The second kappa shape index (κ2) is 7.70. The van der Waals surface area contributed by atoms with Crippen LogP contribution in [0.5, 0.6) is 0 Å². The molecule has 0 atom stereocenters. The number of hydrogen-bond donors (Lipinski definition) is 1. The van der Waals surface area contributed by atoms with Crippen LogP contribution in [0.1, 0.15) is 19.5 Å². The lowest BCUT2D eigenvalue weighted by Crippen LogP contribution is -2.23. The second-order valence-corrected chi connectivity index (χ2v) is 4.93. The molecule has 8 nitrogen and oxygen atoms in total. The van der Waals surface area contributed by atoms with Crippen LogP contribution in [0.4, 0.5) is 0 Å². The van der Waals surface area contributed by atoms with E-state index in [2.05, 4.69) is 20.1 Å². The zero-order chi connectivity index (χ0) is 16.0. The highest BCUT2D eigenvalue weighted by Gasteiger charge is 2.20. The summed E-state index contributed by atoms with van der Waals surface area (Å²) in [5, 5.41) is 18.2. The molecule has 1 aromatic rings. The highest BCUT2D eigenvalue weighted by Crippen LogP contribution is 2.06. The van der Waals surface area contributed by atoms with Crippen molar-refractivity contribution in [3.8, 4) is 0 Å². The Labute approximate surface area is 129 Å². The SMILES string of the molecule is CON=C(C(=O)O)c1csc(=NC(=O)CCl)n1N=C(C)C. The Morgan fingerprint density at radius 2 is 2.14 bits per heavy atom. The van der Waals surface area contributed by atoms with Gasteiger partial charge in [-0.1, -0.05) is 5.16 Å². The Morgan fingerprint density at radius 3 is 2.62 bits per heavy atom. The third-order valence-electron chi connectivity index (χ3n) is 1.95. The van der Waals surface area contributed by atoms with E-state index in [1.165, 1.54) is 17.2 Å². The van der Waals surface area contributed by atoms with Gasteiger partial charge in [-0.25, -0.2) is 9.47 Å². The van der Waals surface area contributed by atoms with Gasteiger partial charge in [-0.05, 0) is 13.8 Å². The van der Waals surface area contributed by atoms with Gasteiger partial charge in [-0.3, -0.25) is 4.79 Å². The molecular weight excluding hydrogens is 320 g/mol. The van der Waals surface area contributed by atoms with Crippen molar-refractivity contribution >= 4 is 46.2 Å². The lowest BCUT2D eigenvalue weighted by Gasteiger charge is -2.03. The molecule has 1 heterocycles. The summed E-state index contributed by atoms with van der Waals surface area (Å²) in [6.45, 7) is 3.44. The Hall–Kier alpha value is -2.00. The van der Waals surface area contributed by atoms with Crippen LogP contribution in [0.15, 0.2) is 20.6 Å². The predicted molar refractivity (Wildman–Crippen MR) is 79.0 cm³/mol. The minimum Gasteiger partial charge on any atom is -0.476 e. The molecule has 0 unspecified atom stereocenters. The van der Waals surface area contributed by atoms with Crippen LogP contribution < -0.4 is 4.80 Å². The fourth-order valence-corrected chi connectivity index (χ4v) is 2.14. The average molecular weight is 333 g/mol. The first-order chi connectivity index (χ1) is 9.90. The summed E-state index contributed by atoms with van der Waals surface area (Å²) < 4.78 is 1.22. The molecule has 0 saturated heterocycles. The Kier molecular flexibility index (Phi) is 6.25. The number of oxime groups is 1. The fourth-order valence-electron chi connectivity index (χ4n) is 1.26. The minimum absolute atomic E-state index is 0.150. The standard InChI is InChI=1S/C11H13ClN4O4S/c1-6(2)14-16-7(9(10(18)19)15-20-3)5-21-11(16)13-8(17)4-12/h5H,4H2,1-3H3,(H,18,19). The van der Waals surface area contributed by atoms with Crippen molar-refractivity contribution in [2.75, 3.05) is 13.0 Å². The van der Waals surface area contributed by atoms with Crippen molar-refractivity contribution in [3.05, 3.63) is 15.9 Å². The molecule has 0 fully saturated rings. The van der Waals surface area contributed by atoms with Crippen LogP contribution in [0.3, 0.4) is 0 Å². The smallest absolute Gasteiger partial charge is 0.360 e. The van der Waals surface area contributed by atoms with Crippen molar-refractivity contribution in [1.29, 1.82) is 0 Å². The molecule has 0 radical (unpaired) electrons. The molecule has 1 amide bonds. The monoisotopic (exact) mass is 332 g/mol. The molecule has 21 heavy (non-hydrogen) atoms. The van der Waals surface area contributed by atoms with Gasteiger partial charge < -0.3 is 9.94 Å². The Bertz CT molecular complexity index is 670. The number of carboxylic acid groups (broad SMARTS) is 1. The van der Waals surface area contributed by atoms with Gasteiger partial charge in [0, 0.05) is 11.1 Å². The number of halogens is 1. The van der Waals surface area contributed by atoms with Crippen LogP contribution >= 0.6 is 22.9 Å². The third-order valence-corrected chi connectivity index (χ3v) is 2.99. The normalized spacial score (nSPS) is 12.2. The number of rotatable bonds is 5. The maximum Gasteiger partial charge on any atom is 0.360 e. The van der Waals surface area contributed by atoms with Gasteiger partial charge in [0.15, 0.2) is 0 Å². The molecule has 1 N–H and O–H groups in total. The van der Waals surface area contributed by atoms with Gasteiger partial charge in [0.05, 0.1) is 0 Å². The number of carbonyl (C=O) groups is 2. The summed E-state index contributed by atoms with van der Waals surface area (Å²) >= 11 is 6.45. The summed E-state index contributed by atoms with van der Waals surface area (Å²) in [6, 6.07) is 0. The first kappa shape index (κ1) is 17.1. The molecule has 0 spiro atoms. The van der Waals surface area contributed by atoms with Crippen molar-refractivity contribution in [2.24, 2.45) is 15.2 Å². The van der Waals surface area contributed by atoms with Gasteiger partial charge in [-0.15, -0.1) is 22.9 Å². The minimum atomic E-state index is -1.29. The van der Waals surface area contributed by atoms with Gasteiger partial charge in [0.25, 0.3) is 5.91 Å². The average Bonchev–Trinajstić information content (AvgIpc) is 2.77. The van der Waals surface area contributed by atoms with E-state index in [1.807, 2.05) is 0 Å². The van der Waals surface area contributed by atoms with E-state index in [1.54, 1.807) is 13.8 Å². The molecule has 0 aliphatic rings. The number of nitrogens with zero attached hydrogens (tertiary/aromatic N) is 4. The van der Waals surface area contributed by atoms with Crippen LogP contribution in [-0.2, 0) is 14.4 Å². The summed E-state index contributed by atoms with van der Waals surface area (Å²) in [7, 11) is 1.23.